The highest BCUT2D eigenvalue weighted by atomic mass is 15.2. The van der Waals surface area contributed by atoms with Gasteiger partial charge in [0.25, 0.3) is 0 Å². The van der Waals surface area contributed by atoms with E-state index in [1.807, 2.05) is 16.8 Å². The molecule has 0 bridgehead atoms. The summed E-state index contributed by atoms with van der Waals surface area (Å²) in [5.41, 5.74) is 4.23. The van der Waals surface area contributed by atoms with Gasteiger partial charge in [0.1, 0.15) is 5.82 Å². The molecule has 1 fully saturated rings. The minimum absolute atomic E-state index is 0.418. The number of hydrogen-bond donors (Lipinski definition) is 0. The van der Waals surface area contributed by atoms with Crippen LogP contribution in [0.1, 0.15) is 57.0 Å². The molecule has 124 valence electrons. The Kier molecular flexibility index (Phi) is 4.05. The van der Waals surface area contributed by atoms with Crippen molar-refractivity contribution in [2.75, 3.05) is 0 Å². The molecule has 0 spiro atoms. The van der Waals surface area contributed by atoms with Gasteiger partial charge in [-0.2, -0.15) is 5.10 Å². The van der Waals surface area contributed by atoms with Gasteiger partial charge in [0.05, 0.1) is 22.6 Å². The van der Waals surface area contributed by atoms with Crippen molar-refractivity contribution in [3.63, 3.8) is 0 Å². The summed E-state index contributed by atoms with van der Waals surface area (Å²) in [5.74, 6) is 2.14. The van der Waals surface area contributed by atoms with E-state index in [2.05, 4.69) is 43.1 Å². The van der Waals surface area contributed by atoms with Crippen LogP contribution in [-0.4, -0.2) is 19.6 Å². The second-order valence-corrected chi connectivity index (χ2v) is 7.18. The van der Waals surface area contributed by atoms with Crippen LogP contribution in [0.3, 0.4) is 0 Å². The van der Waals surface area contributed by atoms with Crippen LogP contribution in [0.5, 0.6) is 0 Å². The quantitative estimate of drug-likeness (QED) is 0.703. The first-order valence-electron chi connectivity index (χ1n) is 9.01. The third-order valence-corrected chi connectivity index (χ3v) is 5.01. The highest BCUT2D eigenvalue weighted by molar-refractivity contribution is 5.61. The maximum atomic E-state index is 4.84. The zero-order valence-corrected chi connectivity index (χ0v) is 14.4. The smallest absolute Gasteiger partial charge is 0.129 e. The third-order valence-electron chi connectivity index (χ3n) is 5.01. The highest BCUT2D eigenvalue weighted by Gasteiger charge is 2.17. The van der Waals surface area contributed by atoms with Gasteiger partial charge in [0, 0.05) is 12.6 Å². The molecule has 3 aromatic heterocycles. The topological polar surface area (TPSA) is 43.1 Å². The van der Waals surface area contributed by atoms with Crippen LogP contribution in [0.4, 0.5) is 0 Å². The van der Waals surface area contributed by atoms with Crippen LogP contribution in [0.25, 0.3) is 16.9 Å². The van der Waals surface area contributed by atoms with Crippen LogP contribution in [0.15, 0.2) is 36.5 Å². The van der Waals surface area contributed by atoms with E-state index in [0.29, 0.717) is 5.92 Å². The van der Waals surface area contributed by atoms with E-state index in [4.69, 9.17) is 10.1 Å². The Balaban J connectivity index is 1.71. The molecule has 0 radical (unpaired) electrons. The predicted molar refractivity (Wildman–Crippen MR) is 96.0 cm³/mol. The van der Waals surface area contributed by atoms with Gasteiger partial charge in [-0.1, -0.05) is 45.6 Å². The van der Waals surface area contributed by atoms with Crippen LogP contribution in [-0.2, 0) is 6.42 Å². The molecule has 3 aromatic rings. The van der Waals surface area contributed by atoms with Gasteiger partial charge in [0.2, 0.25) is 0 Å². The molecule has 4 nitrogen and oxygen atoms in total. The van der Waals surface area contributed by atoms with E-state index in [9.17, 15) is 0 Å². The van der Waals surface area contributed by atoms with Gasteiger partial charge in [-0.05, 0) is 36.1 Å². The Bertz CT molecular complexity index is 844. The van der Waals surface area contributed by atoms with Crippen molar-refractivity contribution in [2.45, 2.75) is 51.9 Å². The van der Waals surface area contributed by atoms with Gasteiger partial charge in [0.15, 0.2) is 0 Å². The van der Waals surface area contributed by atoms with E-state index in [0.717, 1.165) is 40.8 Å². The molecule has 0 unspecified atom stereocenters. The molecule has 0 amide bonds. The van der Waals surface area contributed by atoms with Crippen molar-refractivity contribution in [1.29, 1.82) is 0 Å². The molecule has 0 aliphatic heterocycles. The Morgan fingerprint density at radius 3 is 2.79 bits per heavy atom. The van der Waals surface area contributed by atoms with Gasteiger partial charge in [-0.3, -0.25) is 0 Å². The van der Waals surface area contributed by atoms with Crippen molar-refractivity contribution < 1.29 is 0 Å². The van der Waals surface area contributed by atoms with Crippen LogP contribution < -0.4 is 0 Å². The zero-order chi connectivity index (χ0) is 16.5. The summed E-state index contributed by atoms with van der Waals surface area (Å²) < 4.78 is 2.01. The lowest BCUT2D eigenvalue weighted by Crippen LogP contribution is -2.05. The predicted octanol–water partition coefficient (Wildman–Crippen LogP) is 4.65. The van der Waals surface area contributed by atoms with Gasteiger partial charge in [-0.15, -0.1) is 0 Å². The zero-order valence-electron chi connectivity index (χ0n) is 14.4. The lowest BCUT2D eigenvalue weighted by molar-refractivity contribution is 0.530. The van der Waals surface area contributed by atoms with Crippen molar-refractivity contribution in [2.24, 2.45) is 5.92 Å². The maximum absolute atomic E-state index is 4.84. The summed E-state index contributed by atoms with van der Waals surface area (Å²) in [6.45, 7) is 4.34. The van der Waals surface area contributed by atoms with Gasteiger partial charge in [-0.25, -0.2) is 14.5 Å². The van der Waals surface area contributed by atoms with Crippen molar-refractivity contribution in [3.8, 4) is 11.4 Å². The molecule has 1 aliphatic rings. The molecule has 3 heterocycles. The normalized spacial score (nSPS) is 15.6. The molecule has 1 saturated carbocycles. The Morgan fingerprint density at radius 2 is 2.00 bits per heavy atom. The second kappa shape index (κ2) is 6.34. The number of fused-ring (bicyclic) bond motifs is 1. The van der Waals surface area contributed by atoms with Crippen LogP contribution >= 0.6 is 0 Å². The number of rotatable bonds is 4. The Labute approximate surface area is 143 Å². The Morgan fingerprint density at radius 1 is 1.17 bits per heavy atom. The molecule has 0 aromatic carbocycles. The largest absolute Gasteiger partial charge is 0.241 e. The number of nitrogens with zero attached hydrogens (tertiary/aromatic N) is 4. The number of aromatic nitrogens is 4. The second-order valence-electron chi connectivity index (χ2n) is 7.18. The lowest BCUT2D eigenvalue weighted by Gasteiger charge is -2.09. The van der Waals surface area contributed by atoms with E-state index < -0.39 is 0 Å². The molecule has 0 saturated heterocycles. The molecule has 4 rings (SSSR count). The number of hydrogen-bond acceptors (Lipinski definition) is 3. The summed E-state index contributed by atoms with van der Waals surface area (Å²) in [7, 11) is 0. The third kappa shape index (κ3) is 2.93. The summed E-state index contributed by atoms with van der Waals surface area (Å²) in [4.78, 5) is 9.34. The molecule has 24 heavy (non-hydrogen) atoms. The summed E-state index contributed by atoms with van der Waals surface area (Å²) >= 11 is 0. The van der Waals surface area contributed by atoms with Crippen LogP contribution in [0.2, 0.25) is 0 Å². The van der Waals surface area contributed by atoms with Gasteiger partial charge >= 0.3 is 0 Å². The number of pyridine rings is 1. The fourth-order valence-corrected chi connectivity index (χ4v) is 3.62. The van der Waals surface area contributed by atoms with E-state index in [1.54, 1.807) is 0 Å². The standard InChI is InChI=1S/C20H24N4/c1-14(2)18-13-16-8-5-9-19(24(16)23-18)17-10-11-21-20(22-17)12-15-6-3-4-7-15/h5,8-11,13-15H,3-4,6-7,12H2,1-2H3. The SMILES string of the molecule is CC(C)c1cc2cccc(-c3ccnc(CC4CCCC4)n3)n2n1. The fourth-order valence-electron chi connectivity index (χ4n) is 3.62. The molecule has 0 N–H and O–H groups in total. The molecule has 0 atom stereocenters. The first kappa shape index (κ1) is 15.3. The molecule has 4 heteroatoms. The van der Waals surface area contributed by atoms with Crippen LogP contribution in [0, 0.1) is 5.92 Å². The molecular weight excluding hydrogens is 296 g/mol. The van der Waals surface area contributed by atoms with E-state index >= 15 is 0 Å². The Hall–Kier alpha value is -2.23. The fraction of sp³-hybridized carbons (Fsp3) is 0.450. The summed E-state index contributed by atoms with van der Waals surface area (Å²) in [5, 5.41) is 4.78. The van der Waals surface area contributed by atoms with Crippen molar-refractivity contribution in [3.05, 3.63) is 48.0 Å². The van der Waals surface area contributed by atoms with Crippen molar-refractivity contribution >= 4 is 5.52 Å². The minimum atomic E-state index is 0.418. The summed E-state index contributed by atoms with van der Waals surface area (Å²) in [6.07, 6.45) is 8.24. The molecule has 1 aliphatic carbocycles. The van der Waals surface area contributed by atoms with Gasteiger partial charge < -0.3 is 0 Å². The summed E-state index contributed by atoms with van der Waals surface area (Å²) in [6, 6.07) is 10.4. The lowest BCUT2D eigenvalue weighted by atomic mass is 10.0. The average Bonchev–Trinajstić information content (AvgIpc) is 3.23. The maximum Gasteiger partial charge on any atom is 0.129 e. The monoisotopic (exact) mass is 320 g/mol. The molecular formula is C20H24N4. The van der Waals surface area contributed by atoms with E-state index in [1.165, 1.54) is 25.7 Å². The highest BCUT2D eigenvalue weighted by Crippen LogP contribution is 2.28. The minimum Gasteiger partial charge on any atom is -0.241 e. The first-order valence-corrected chi connectivity index (χ1v) is 9.01. The first-order chi connectivity index (χ1) is 11.7. The van der Waals surface area contributed by atoms with Crippen molar-refractivity contribution in [1.82, 2.24) is 19.6 Å². The van der Waals surface area contributed by atoms with E-state index in [-0.39, 0.29) is 0 Å². The average molecular weight is 320 g/mol.